The van der Waals surface area contributed by atoms with E-state index in [9.17, 15) is 9.59 Å². The van der Waals surface area contributed by atoms with Crippen molar-refractivity contribution >= 4 is 23.6 Å². The molecular formula is C15H16N4O4. The first kappa shape index (κ1) is 18.0. The first-order chi connectivity index (χ1) is 11.1. The number of nitrogens with zero attached hydrogens (tertiary/aromatic N) is 3. The van der Waals surface area contributed by atoms with Crippen molar-refractivity contribution in [3.63, 3.8) is 0 Å². The molecule has 0 bridgehead atoms. The number of hydrogen-bond donors (Lipinski definition) is 1. The number of ether oxygens (including phenoxy) is 2. The Morgan fingerprint density at radius 1 is 1.39 bits per heavy atom. The van der Waals surface area contributed by atoms with E-state index in [-0.39, 0.29) is 18.2 Å². The van der Waals surface area contributed by atoms with E-state index in [0.717, 1.165) is 0 Å². The highest BCUT2D eigenvalue weighted by Crippen LogP contribution is 2.14. The van der Waals surface area contributed by atoms with Crippen molar-refractivity contribution in [1.29, 1.82) is 0 Å². The zero-order chi connectivity index (χ0) is 17.1. The lowest BCUT2D eigenvalue weighted by molar-refractivity contribution is -0.136. The van der Waals surface area contributed by atoms with Gasteiger partial charge in [0.2, 0.25) is 5.91 Å². The van der Waals surface area contributed by atoms with Gasteiger partial charge in [-0.25, -0.2) is 4.79 Å². The van der Waals surface area contributed by atoms with Crippen LogP contribution in [-0.2, 0) is 19.1 Å². The van der Waals surface area contributed by atoms with E-state index in [2.05, 4.69) is 26.7 Å². The van der Waals surface area contributed by atoms with Gasteiger partial charge in [-0.15, -0.1) is 6.58 Å². The van der Waals surface area contributed by atoms with E-state index in [0.29, 0.717) is 17.9 Å². The number of esters is 1. The molecule has 0 aliphatic carbocycles. The minimum Gasteiger partial charge on any atom is -0.466 e. The van der Waals surface area contributed by atoms with E-state index >= 15 is 0 Å². The lowest BCUT2D eigenvalue weighted by Crippen LogP contribution is -2.18. The first-order valence-corrected chi connectivity index (χ1v) is 6.54. The van der Waals surface area contributed by atoms with E-state index in [4.69, 9.17) is 10.3 Å². The van der Waals surface area contributed by atoms with Crippen LogP contribution in [0.5, 0.6) is 0 Å². The molecule has 0 fully saturated rings. The molecule has 120 valence electrons. The molecule has 23 heavy (non-hydrogen) atoms. The number of rotatable bonds is 8. The fourth-order valence-corrected chi connectivity index (χ4v) is 1.53. The van der Waals surface area contributed by atoms with Gasteiger partial charge in [-0.05, 0) is 29.3 Å². The monoisotopic (exact) mass is 316 g/mol. The summed E-state index contributed by atoms with van der Waals surface area (Å²) in [5.74, 6) is -1.03. The molecule has 0 saturated heterocycles. The molecule has 1 N–H and O–H groups in total. The third-order valence-corrected chi connectivity index (χ3v) is 2.51. The molecule has 0 atom stereocenters. The SMILES string of the molecule is C=CCOCC(=O)Nc1ccc(/C=C(\N=[N+]=[N-])C(=O)OC)cc1. The van der Waals surface area contributed by atoms with Gasteiger partial charge in [-0.2, -0.15) is 0 Å². The molecule has 0 aromatic heterocycles. The van der Waals surface area contributed by atoms with Crippen LogP contribution in [0.2, 0.25) is 0 Å². The van der Waals surface area contributed by atoms with E-state index in [1.54, 1.807) is 30.3 Å². The summed E-state index contributed by atoms with van der Waals surface area (Å²) in [7, 11) is 1.19. The van der Waals surface area contributed by atoms with Gasteiger partial charge in [-0.1, -0.05) is 23.3 Å². The molecule has 0 spiro atoms. The number of methoxy groups -OCH3 is 1. The van der Waals surface area contributed by atoms with E-state index in [1.165, 1.54) is 13.2 Å². The number of azide groups is 1. The second kappa shape index (κ2) is 9.78. The average molecular weight is 316 g/mol. The number of carbonyl (C=O) groups excluding carboxylic acids is 2. The topological polar surface area (TPSA) is 113 Å². The van der Waals surface area contributed by atoms with Crippen LogP contribution in [0.1, 0.15) is 5.56 Å². The maximum Gasteiger partial charge on any atom is 0.340 e. The molecule has 1 amide bonds. The molecular weight excluding hydrogens is 300 g/mol. The van der Waals surface area contributed by atoms with Crippen LogP contribution < -0.4 is 5.32 Å². The number of hydrogen-bond acceptors (Lipinski definition) is 5. The molecule has 0 aliphatic heterocycles. The van der Waals surface area contributed by atoms with Gasteiger partial charge in [0.25, 0.3) is 0 Å². The summed E-state index contributed by atoms with van der Waals surface area (Å²) in [5.41, 5.74) is 9.45. The molecule has 0 aliphatic rings. The molecule has 1 rings (SSSR count). The Kier molecular flexibility index (Phi) is 7.63. The Balaban J connectivity index is 2.75. The van der Waals surface area contributed by atoms with E-state index < -0.39 is 5.97 Å². The summed E-state index contributed by atoms with van der Waals surface area (Å²) < 4.78 is 9.53. The maximum atomic E-state index is 11.6. The summed E-state index contributed by atoms with van der Waals surface area (Å²) in [6.45, 7) is 3.71. The van der Waals surface area contributed by atoms with Gasteiger partial charge in [0, 0.05) is 10.6 Å². The van der Waals surface area contributed by atoms with Gasteiger partial charge >= 0.3 is 5.97 Å². The molecule has 8 heteroatoms. The van der Waals surface area contributed by atoms with Crippen molar-refractivity contribution in [1.82, 2.24) is 0 Å². The Labute approximate surface area is 133 Å². The normalized spacial score (nSPS) is 10.4. The lowest BCUT2D eigenvalue weighted by atomic mass is 10.1. The first-order valence-electron chi connectivity index (χ1n) is 6.54. The van der Waals surface area contributed by atoms with Crippen LogP contribution in [-0.4, -0.2) is 32.2 Å². The largest absolute Gasteiger partial charge is 0.466 e. The van der Waals surface area contributed by atoms with Crippen LogP contribution in [0.3, 0.4) is 0 Å². The molecule has 0 radical (unpaired) electrons. The van der Waals surface area contributed by atoms with Crippen LogP contribution in [0.4, 0.5) is 5.69 Å². The van der Waals surface area contributed by atoms with E-state index in [1.807, 2.05) is 0 Å². The van der Waals surface area contributed by atoms with Crippen molar-refractivity contribution in [3.8, 4) is 0 Å². The highest BCUT2D eigenvalue weighted by Gasteiger charge is 2.07. The standard InChI is InChI=1S/C15H16N4O4/c1-3-8-23-10-14(20)17-12-6-4-11(5-7-12)9-13(18-19-16)15(21)22-2/h3-7,9H,1,8,10H2,2H3,(H,17,20)/b13-9-. The highest BCUT2D eigenvalue weighted by molar-refractivity contribution is 5.94. The Morgan fingerprint density at radius 2 is 2.09 bits per heavy atom. The third-order valence-electron chi connectivity index (χ3n) is 2.51. The van der Waals surface area contributed by atoms with Gasteiger partial charge < -0.3 is 14.8 Å². The van der Waals surface area contributed by atoms with Crippen LogP contribution >= 0.6 is 0 Å². The Morgan fingerprint density at radius 3 is 2.65 bits per heavy atom. The van der Waals surface area contributed by atoms with Gasteiger partial charge in [-0.3, -0.25) is 4.79 Å². The Bertz CT molecular complexity index is 646. The Hall–Kier alpha value is -3.09. The quantitative estimate of drug-likeness (QED) is 0.151. The van der Waals surface area contributed by atoms with Crippen molar-refractivity contribution in [3.05, 3.63) is 58.6 Å². The second-order valence-corrected chi connectivity index (χ2v) is 4.18. The number of amides is 1. The predicted octanol–water partition coefficient (Wildman–Crippen LogP) is 2.65. The number of nitrogens with one attached hydrogen (secondary N) is 1. The summed E-state index contributed by atoms with van der Waals surface area (Å²) in [4.78, 5) is 25.5. The maximum absolute atomic E-state index is 11.6. The van der Waals surface area contributed by atoms with Crippen molar-refractivity contribution < 1.29 is 19.1 Å². The van der Waals surface area contributed by atoms with Crippen LogP contribution in [0.15, 0.2) is 47.7 Å². The lowest BCUT2D eigenvalue weighted by Gasteiger charge is -2.06. The molecule has 8 nitrogen and oxygen atoms in total. The van der Waals surface area contributed by atoms with Gasteiger partial charge in [0.1, 0.15) is 12.3 Å². The smallest absolute Gasteiger partial charge is 0.340 e. The van der Waals surface area contributed by atoms with Crippen molar-refractivity contribution in [2.24, 2.45) is 5.11 Å². The molecule has 1 aromatic carbocycles. The van der Waals surface area contributed by atoms with Crippen molar-refractivity contribution in [2.75, 3.05) is 25.6 Å². The summed E-state index contributed by atoms with van der Waals surface area (Å²) >= 11 is 0. The predicted molar refractivity (Wildman–Crippen MR) is 85.2 cm³/mol. The summed E-state index contributed by atoms with van der Waals surface area (Å²) in [5, 5.41) is 5.92. The molecule has 0 heterocycles. The summed E-state index contributed by atoms with van der Waals surface area (Å²) in [6.07, 6.45) is 2.93. The van der Waals surface area contributed by atoms with Crippen molar-refractivity contribution in [2.45, 2.75) is 0 Å². The number of anilines is 1. The number of carbonyl (C=O) groups is 2. The van der Waals surface area contributed by atoms with Crippen LogP contribution in [0, 0.1) is 0 Å². The fourth-order valence-electron chi connectivity index (χ4n) is 1.53. The average Bonchev–Trinajstić information content (AvgIpc) is 2.55. The molecule has 1 aromatic rings. The summed E-state index contributed by atoms with van der Waals surface area (Å²) in [6, 6.07) is 6.58. The highest BCUT2D eigenvalue weighted by atomic mass is 16.5. The zero-order valence-electron chi connectivity index (χ0n) is 12.6. The minimum atomic E-state index is -0.737. The van der Waals surface area contributed by atoms with Gasteiger partial charge in [0.05, 0.1) is 13.7 Å². The minimum absolute atomic E-state index is 0.0724. The van der Waals surface area contributed by atoms with Gasteiger partial charge in [0.15, 0.2) is 0 Å². The zero-order valence-corrected chi connectivity index (χ0v) is 12.6. The third kappa shape index (κ3) is 6.47. The second-order valence-electron chi connectivity index (χ2n) is 4.18. The number of benzene rings is 1. The van der Waals surface area contributed by atoms with Crippen LogP contribution in [0.25, 0.3) is 16.5 Å². The molecule has 0 saturated carbocycles. The molecule has 0 unspecified atom stereocenters. The fraction of sp³-hybridized carbons (Fsp3) is 0.200.